The molecule has 0 radical (unpaired) electrons. The van der Waals surface area contributed by atoms with Crippen LogP contribution in [0.5, 0.6) is 11.5 Å². The summed E-state index contributed by atoms with van der Waals surface area (Å²) in [5.74, 6) is -2.39. The van der Waals surface area contributed by atoms with Gasteiger partial charge in [0.2, 0.25) is 0 Å². The van der Waals surface area contributed by atoms with Crippen LogP contribution in [0.4, 0.5) is 13.9 Å². The third-order valence-corrected chi connectivity index (χ3v) is 7.17. The van der Waals surface area contributed by atoms with Crippen LogP contribution in [0, 0.1) is 11.6 Å². The first kappa shape index (κ1) is 26.3. The molecule has 0 spiro atoms. The molecule has 4 aromatic rings. The van der Waals surface area contributed by atoms with Gasteiger partial charge in [0.05, 0.1) is 35.0 Å². The van der Waals surface area contributed by atoms with Crippen molar-refractivity contribution in [2.24, 2.45) is 0 Å². The summed E-state index contributed by atoms with van der Waals surface area (Å²) >= 11 is 1.05. The number of rotatable bonds is 8. The maximum absolute atomic E-state index is 13.9. The SMILES string of the molecule is CCCOc1ccc(C2C(=C(O)c3ccc(F)cc3)C(=O)C(=O)N2c2nc3ccc(F)cc3s2)cc1OCC. The van der Waals surface area contributed by atoms with Gasteiger partial charge in [0.1, 0.15) is 17.4 Å². The van der Waals surface area contributed by atoms with E-state index in [1.54, 1.807) is 18.2 Å². The van der Waals surface area contributed by atoms with Gasteiger partial charge in [0.25, 0.3) is 5.78 Å². The van der Waals surface area contributed by atoms with Gasteiger partial charge in [-0.05, 0) is 73.5 Å². The lowest BCUT2D eigenvalue weighted by Gasteiger charge is -2.24. The third-order valence-electron chi connectivity index (χ3n) is 6.15. The number of aliphatic hydroxyl groups excluding tert-OH is 1. The maximum atomic E-state index is 13.9. The number of benzene rings is 3. The number of ether oxygens (including phenoxy) is 2. The number of hydrogen-bond acceptors (Lipinski definition) is 7. The molecule has 2 heterocycles. The lowest BCUT2D eigenvalue weighted by Crippen LogP contribution is -2.29. The van der Waals surface area contributed by atoms with E-state index in [-0.39, 0.29) is 16.3 Å². The summed E-state index contributed by atoms with van der Waals surface area (Å²) in [4.78, 5) is 32.6. The van der Waals surface area contributed by atoms with Crippen molar-refractivity contribution in [3.05, 3.63) is 89.0 Å². The number of carbonyl (C=O) groups is 2. The van der Waals surface area contributed by atoms with Gasteiger partial charge >= 0.3 is 5.91 Å². The molecule has 1 aliphatic rings. The quantitative estimate of drug-likeness (QED) is 0.155. The van der Waals surface area contributed by atoms with Crippen LogP contribution in [0.2, 0.25) is 0 Å². The Morgan fingerprint density at radius 2 is 1.72 bits per heavy atom. The van der Waals surface area contributed by atoms with E-state index in [1.165, 1.54) is 35.2 Å². The van der Waals surface area contributed by atoms with Crippen molar-refractivity contribution in [3.63, 3.8) is 0 Å². The van der Waals surface area contributed by atoms with E-state index in [2.05, 4.69) is 4.98 Å². The molecule has 0 bridgehead atoms. The Kier molecular flexibility index (Phi) is 7.30. The summed E-state index contributed by atoms with van der Waals surface area (Å²) in [6, 6.07) is 12.9. The van der Waals surface area contributed by atoms with Gasteiger partial charge in [-0.3, -0.25) is 14.5 Å². The van der Waals surface area contributed by atoms with Crippen molar-refractivity contribution in [2.45, 2.75) is 26.3 Å². The number of anilines is 1. The van der Waals surface area contributed by atoms with E-state index in [9.17, 15) is 23.5 Å². The van der Waals surface area contributed by atoms with Crippen LogP contribution in [0.1, 0.15) is 37.4 Å². The number of hydrogen-bond donors (Lipinski definition) is 1. The minimum absolute atomic E-state index is 0.158. The van der Waals surface area contributed by atoms with Crippen LogP contribution in [-0.2, 0) is 9.59 Å². The Labute approximate surface area is 226 Å². The molecule has 0 aliphatic carbocycles. The summed E-state index contributed by atoms with van der Waals surface area (Å²) in [5, 5.41) is 11.4. The summed E-state index contributed by atoms with van der Waals surface area (Å²) in [5.41, 5.74) is 0.880. The number of aliphatic hydroxyl groups is 1. The van der Waals surface area contributed by atoms with Crippen molar-refractivity contribution in [1.29, 1.82) is 0 Å². The largest absolute Gasteiger partial charge is 0.507 e. The number of ketones is 1. The van der Waals surface area contributed by atoms with E-state index in [1.807, 2.05) is 13.8 Å². The van der Waals surface area contributed by atoms with E-state index < -0.39 is 35.1 Å². The van der Waals surface area contributed by atoms with Gasteiger partial charge < -0.3 is 14.6 Å². The predicted molar refractivity (Wildman–Crippen MR) is 144 cm³/mol. The molecule has 1 saturated heterocycles. The normalized spacial score (nSPS) is 16.7. The first-order valence-corrected chi connectivity index (χ1v) is 13.2. The van der Waals surface area contributed by atoms with Crippen LogP contribution in [0.25, 0.3) is 16.0 Å². The summed E-state index contributed by atoms with van der Waals surface area (Å²) in [7, 11) is 0. The van der Waals surface area contributed by atoms with Crippen molar-refractivity contribution >= 4 is 44.1 Å². The molecule has 5 rings (SSSR count). The van der Waals surface area contributed by atoms with E-state index in [0.29, 0.717) is 40.5 Å². The van der Waals surface area contributed by atoms with E-state index >= 15 is 0 Å². The van der Waals surface area contributed by atoms with Crippen LogP contribution in [-0.4, -0.2) is 35.0 Å². The molecule has 3 aromatic carbocycles. The molecule has 200 valence electrons. The van der Waals surface area contributed by atoms with Gasteiger partial charge in [-0.2, -0.15) is 0 Å². The minimum atomic E-state index is -1.10. The zero-order chi connectivity index (χ0) is 27.7. The zero-order valence-electron chi connectivity index (χ0n) is 21.1. The smallest absolute Gasteiger partial charge is 0.301 e. The number of halogens is 2. The van der Waals surface area contributed by atoms with E-state index in [4.69, 9.17) is 9.47 Å². The molecule has 39 heavy (non-hydrogen) atoms. The molecule has 1 amide bonds. The molecule has 1 unspecified atom stereocenters. The van der Waals surface area contributed by atoms with Crippen LogP contribution >= 0.6 is 11.3 Å². The average Bonchev–Trinajstić information content (AvgIpc) is 3.45. The third kappa shape index (κ3) is 4.95. The summed E-state index contributed by atoms with van der Waals surface area (Å²) in [6.45, 7) is 4.59. The first-order valence-electron chi connectivity index (χ1n) is 12.3. The number of carbonyl (C=O) groups excluding carboxylic acids is 2. The standard InChI is InChI=1S/C29H24F2N2O5S/c1-3-13-38-21-12-7-17(14-22(21)37-4-2)25-24(26(34)16-5-8-18(30)9-6-16)27(35)28(36)33(25)29-32-20-11-10-19(31)15-23(20)39-29/h5-12,14-15,25,34H,3-4,13H2,1-2H3. The number of aromatic nitrogens is 1. The highest BCUT2D eigenvalue weighted by atomic mass is 32.1. The van der Waals surface area contributed by atoms with Crippen molar-refractivity contribution in [3.8, 4) is 11.5 Å². The lowest BCUT2D eigenvalue weighted by atomic mass is 9.95. The highest BCUT2D eigenvalue weighted by molar-refractivity contribution is 7.22. The Hall–Kier alpha value is -4.31. The highest BCUT2D eigenvalue weighted by Crippen LogP contribution is 2.46. The molecule has 0 saturated carbocycles. The van der Waals surface area contributed by atoms with Gasteiger partial charge in [-0.15, -0.1) is 0 Å². The second-order valence-corrected chi connectivity index (χ2v) is 9.78. The zero-order valence-corrected chi connectivity index (χ0v) is 21.9. The van der Waals surface area contributed by atoms with Crippen LogP contribution < -0.4 is 14.4 Å². The number of nitrogens with zero attached hydrogens (tertiary/aromatic N) is 2. The fraction of sp³-hybridized carbons (Fsp3) is 0.207. The fourth-order valence-electron chi connectivity index (χ4n) is 4.39. The number of amides is 1. The molecular weight excluding hydrogens is 526 g/mol. The first-order chi connectivity index (χ1) is 18.8. The maximum Gasteiger partial charge on any atom is 0.301 e. The van der Waals surface area contributed by atoms with Crippen molar-refractivity contribution in [2.75, 3.05) is 18.1 Å². The Bertz CT molecular complexity index is 1600. The topological polar surface area (TPSA) is 89.0 Å². The number of fused-ring (bicyclic) bond motifs is 1. The summed E-state index contributed by atoms with van der Waals surface area (Å²) in [6.07, 6.45) is 0.781. The van der Waals surface area contributed by atoms with E-state index in [0.717, 1.165) is 29.9 Å². The lowest BCUT2D eigenvalue weighted by molar-refractivity contribution is -0.132. The number of thiazole rings is 1. The van der Waals surface area contributed by atoms with Crippen LogP contribution in [0.15, 0.2) is 66.2 Å². The van der Waals surface area contributed by atoms with Gasteiger partial charge in [-0.1, -0.05) is 24.3 Å². The van der Waals surface area contributed by atoms with Gasteiger partial charge in [-0.25, -0.2) is 13.8 Å². The molecule has 1 fully saturated rings. The molecule has 10 heteroatoms. The van der Waals surface area contributed by atoms with Gasteiger partial charge in [0.15, 0.2) is 16.6 Å². The van der Waals surface area contributed by atoms with Crippen molar-refractivity contribution in [1.82, 2.24) is 4.98 Å². The van der Waals surface area contributed by atoms with Crippen LogP contribution in [0.3, 0.4) is 0 Å². The molecule has 1 aromatic heterocycles. The molecule has 1 atom stereocenters. The highest BCUT2D eigenvalue weighted by Gasteiger charge is 2.48. The molecule has 1 aliphatic heterocycles. The molecule has 1 N–H and O–H groups in total. The second-order valence-electron chi connectivity index (χ2n) is 8.77. The minimum Gasteiger partial charge on any atom is -0.507 e. The summed E-state index contributed by atoms with van der Waals surface area (Å²) < 4.78 is 39.5. The Balaban J connectivity index is 1.71. The molecular formula is C29H24F2N2O5S. The van der Waals surface area contributed by atoms with Crippen molar-refractivity contribution < 1.29 is 33.0 Å². The predicted octanol–water partition coefficient (Wildman–Crippen LogP) is 6.39. The molecule has 7 nitrogen and oxygen atoms in total. The fourth-order valence-corrected chi connectivity index (χ4v) is 5.41. The van der Waals surface area contributed by atoms with Gasteiger partial charge in [0, 0.05) is 5.56 Å². The number of Topliss-reactive ketones (excluding diaryl/α,β-unsaturated/α-hetero) is 1. The average molecular weight is 551 g/mol. The monoisotopic (exact) mass is 550 g/mol. The Morgan fingerprint density at radius 1 is 0.974 bits per heavy atom. The Morgan fingerprint density at radius 3 is 2.44 bits per heavy atom. The second kappa shape index (κ2) is 10.8.